The highest BCUT2D eigenvalue weighted by Gasteiger charge is 2.18. The molecule has 8 heteroatoms. The Morgan fingerprint density at radius 3 is 2.05 bits per heavy atom. The first-order valence-electron chi connectivity index (χ1n) is 11.7. The minimum absolute atomic E-state index is 0.169. The summed E-state index contributed by atoms with van der Waals surface area (Å²) >= 11 is 5.92. The van der Waals surface area contributed by atoms with Gasteiger partial charge in [-0.3, -0.25) is 15.6 Å². The topological polar surface area (TPSA) is 84.5 Å². The fourth-order valence-corrected chi connectivity index (χ4v) is 4.99. The Labute approximate surface area is 222 Å². The summed E-state index contributed by atoms with van der Waals surface area (Å²) in [5.74, 6) is 0.356. The van der Waals surface area contributed by atoms with E-state index in [1.807, 2.05) is 24.3 Å². The number of anilines is 1. The number of nitrogens with one attached hydrogen (secondary N) is 2. The van der Waals surface area contributed by atoms with Crippen molar-refractivity contribution < 1.29 is 17.9 Å². The van der Waals surface area contributed by atoms with Crippen molar-refractivity contribution >= 4 is 33.0 Å². The second-order valence-corrected chi connectivity index (χ2v) is 11.1. The summed E-state index contributed by atoms with van der Waals surface area (Å²) in [5, 5.41) is 0.639. The van der Waals surface area contributed by atoms with Crippen LogP contribution in [0.5, 0.6) is 5.75 Å². The quantitative estimate of drug-likeness (QED) is 0.235. The van der Waals surface area contributed by atoms with Crippen LogP contribution in [0.1, 0.15) is 41.3 Å². The molecule has 37 heavy (non-hydrogen) atoms. The van der Waals surface area contributed by atoms with Gasteiger partial charge in [0.2, 0.25) is 9.84 Å². The highest BCUT2D eigenvalue weighted by Crippen LogP contribution is 2.25. The van der Waals surface area contributed by atoms with Gasteiger partial charge in [0.15, 0.2) is 0 Å². The molecule has 4 rings (SSSR count). The number of ether oxygens (including phenoxy) is 1. The highest BCUT2D eigenvalue weighted by atomic mass is 35.5. The number of hydrogen-bond donors (Lipinski definition) is 2. The first kappa shape index (κ1) is 26.3. The fourth-order valence-electron chi connectivity index (χ4n) is 3.60. The molecule has 0 radical (unpaired) electrons. The van der Waals surface area contributed by atoms with Gasteiger partial charge in [0.05, 0.1) is 21.0 Å². The van der Waals surface area contributed by atoms with E-state index in [1.165, 1.54) is 12.1 Å². The van der Waals surface area contributed by atoms with Crippen molar-refractivity contribution in [2.24, 2.45) is 0 Å². The Morgan fingerprint density at radius 2 is 1.43 bits per heavy atom. The number of halogens is 1. The summed E-state index contributed by atoms with van der Waals surface area (Å²) in [6.07, 6.45) is 0. The Kier molecular flexibility index (Phi) is 8.16. The second kappa shape index (κ2) is 11.5. The van der Waals surface area contributed by atoms with Crippen molar-refractivity contribution in [1.29, 1.82) is 0 Å². The van der Waals surface area contributed by atoms with Gasteiger partial charge in [-0.2, -0.15) is 0 Å². The van der Waals surface area contributed by atoms with E-state index in [1.54, 1.807) is 60.7 Å². The second-order valence-electron chi connectivity index (χ2n) is 8.74. The van der Waals surface area contributed by atoms with Crippen LogP contribution in [0.15, 0.2) is 107 Å². The van der Waals surface area contributed by atoms with Crippen LogP contribution in [0.25, 0.3) is 0 Å². The lowest BCUT2D eigenvalue weighted by Gasteiger charge is -2.13. The van der Waals surface area contributed by atoms with Crippen molar-refractivity contribution in [3.8, 4) is 5.75 Å². The maximum Gasteiger partial charge on any atom is 0.273 e. The van der Waals surface area contributed by atoms with E-state index >= 15 is 0 Å². The molecule has 0 saturated heterocycles. The zero-order valence-corrected chi connectivity index (χ0v) is 22.0. The number of para-hydroxylation sites is 1. The third kappa shape index (κ3) is 6.50. The van der Waals surface area contributed by atoms with E-state index in [4.69, 9.17) is 16.3 Å². The summed E-state index contributed by atoms with van der Waals surface area (Å²) in [5.41, 5.74) is 8.34. The largest absolute Gasteiger partial charge is 0.488 e. The molecular weight excluding hydrogens is 508 g/mol. The van der Waals surface area contributed by atoms with Crippen LogP contribution >= 0.6 is 11.6 Å². The van der Waals surface area contributed by atoms with Gasteiger partial charge in [0.25, 0.3) is 5.91 Å². The molecule has 2 N–H and O–H groups in total. The van der Waals surface area contributed by atoms with Crippen LogP contribution in [-0.4, -0.2) is 14.3 Å². The lowest BCUT2D eigenvalue weighted by molar-refractivity contribution is 0.0958. The molecule has 190 valence electrons. The number of hydrazine groups is 1. The maximum absolute atomic E-state index is 13.0. The Bertz CT molecular complexity index is 1470. The SMILES string of the molecule is CC(C)c1ccc(S(=O)(=O)c2ccc(NNC(=O)c3ccccc3OCc3ccc(Cl)cc3)cc2)cc1. The van der Waals surface area contributed by atoms with Crippen molar-refractivity contribution in [2.75, 3.05) is 5.43 Å². The zero-order chi connectivity index (χ0) is 26.4. The van der Waals surface area contributed by atoms with Crippen LogP contribution in [0.4, 0.5) is 5.69 Å². The van der Waals surface area contributed by atoms with E-state index < -0.39 is 15.7 Å². The Morgan fingerprint density at radius 1 is 0.838 bits per heavy atom. The number of benzene rings is 4. The molecule has 4 aromatic rings. The molecule has 0 aromatic heterocycles. The lowest BCUT2D eigenvalue weighted by atomic mass is 10.0. The molecule has 0 aliphatic rings. The van der Waals surface area contributed by atoms with Gasteiger partial charge in [-0.05, 0) is 77.7 Å². The number of sulfone groups is 1. The molecular formula is C29H27ClN2O4S. The number of hydrogen-bond acceptors (Lipinski definition) is 5. The van der Waals surface area contributed by atoms with Crippen molar-refractivity contribution in [1.82, 2.24) is 5.43 Å². The molecule has 0 spiro atoms. The third-order valence-corrected chi connectivity index (χ3v) is 7.82. The molecule has 1 amide bonds. The highest BCUT2D eigenvalue weighted by molar-refractivity contribution is 7.91. The molecule has 0 saturated carbocycles. The predicted octanol–water partition coefficient (Wildman–Crippen LogP) is 6.63. The van der Waals surface area contributed by atoms with Crippen LogP contribution in [0, 0.1) is 0 Å². The predicted molar refractivity (Wildman–Crippen MR) is 146 cm³/mol. The van der Waals surface area contributed by atoms with Crippen molar-refractivity contribution in [3.63, 3.8) is 0 Å². The minimum Gasteiger partial charge on any atom is -0.488 e. The van der Waals surface area contributed by atoms with E-state index in [2.05, 4.69) is 24.7 Å². The molecule has 0 fully saturated rings. The van der Waals surface area contributed by atoms with E-state index in [0.29, 0.717) is 27.9 Å². The van der Waals surface area contributed by atoms with E-state index in [9.17, 15) is 13.2 Å². The van der Waals surface area contributed by atoms with Gasteiger partial charge in [0.1, 0.15) is 12.4 Å². The maximum atomic E-state index is 13.0. The number of amides is 1. The molecule has 0 aliphatic carbocycles. The number of carbonyl (C=O) groups excluding carboxylic acids is 1. The van der Waals surface area contributed by atoms with Gasteiger partial charge in [-0.25, -0.2) is 8.42 Å². The van der Waals surface area contributed by atoms with Gasteiger partial charge in [0, 0.05) is 5.02 Å². The zero-order valence-electron chi connectivity index (χ0n) is 20.4. The molecule has 0 bridgehead atoms. The molecule has 0 aliphatic heterocycles. The van der Waals surface area contributed by atoms with Crippen molar-refractivity contribution in [3.05, 3.63) is 119 Å². The van der Waals surface area contributed by atoms with E-state index in [-0.39, 0.29) is 16.4 Å². The van der Waals surface area contributed by atoms with Crippen LogP contribution in [0.2, 0.25) is 5.02 Å². The van der Waals surface area contributed by atoms with Gasteiger partial charge in [-0.1, -0.05) is 61.8 Å². The average molecular weight is 535 g/mol. The van der Waals surface area contributed by atoms with Gasteiger partial charge in [-0.15, -0.1) is 0 Å². The summed E-state index contributed by atoms with van der Waals surface area (Å²) in [7, 11) is -3.65. The molecule has 4 aromatic carbocycles. The summed E-state index contributed by atoms with van der Waals surface area (Å²) in [6, 6.07) is 27.3. The van der Waals surface area contributed by atoms with Crippen LogP contribution in [0.3, 0.4) is 0 Å². The van der Waals surface area contributed by atoms with E-state index in [0.717, 1.165) is 11.1 Å². The first-order valence-corrected chi connectivity index (χ1v) is 13.6. The summed E-state index contributed by atoms with van der Waals surface area (Å²) in [4.78, 5) is 13.2. The smallest absolute Gasteiger partial charge is 0.273 e. The average Bonchev–Trinajstić information content (AvgIpc) is 2.92. The Hall–Kier alpha value is -3.81. The number of rotatable bonds is 9. The first-order chi connectivity index (χ1) is 17.7. The van der Waals surface area contributed by atoms with Crippen LogP contribution in [-0.2, 0) is 16.4 Å². The summed E-state index contributed by atoms with van der Waals surface area (Å²) < 4.78 is 31.8. The van der Waals surface area contributed by atoms with Crippen molar-refractivity contribution in [2.45, 2.75) is 36.2 Å². The van der Waals surface area contributed by atoms with Gasteiger partial charge >= 0.3 is 0 Å². The normalized spacial score (nSPS) is 11.2. The van der Waals surface area contributed by atoms with Gasteiger partial charge < -0.3 is 4.74 Å². The number of carbonyl (C=O) groups is 1. The summed E-state index contributed by atoms with van der Waals surface area (Å²) in [6.45, 7) is 4.40. The Balaban J connectivity index is 1.39. The molecule has 0 atom stereocenters. The standard InChI is InChI=1S/C29H27ClN2O4S/c1-20(2)22-9-15-25(16-10-22)37(34,35)26-17-13-24(14-18-26)31-32-29(33)27-5-3-4-6-28(27)36-19-21-7-11-23(30)12-8-21/h3-18,20,31H,19H2,1-2H3,(H,32,33). The lowest BCUT2D eigenvalue weighted by Crippen LogP contribution is -2.29. The molecule has 0 heterocycles. The minimum atomic E-state index is -3.65. The fraction of sp³-hybridized carbons (Fsp3) is 0.138. The molecule has 6 nitrogen and oxygen atoms in total. The monoisotopic (exact) mass is 534 g/mol. The third-order valence-electron chi connectivity index (χ3n) is 5.78. The van der Waals surface area contributed by atoms with Crippen LogP contribution < -0.4 is 15.6 Å². The molecule has 0 unspecified atom stereocenters.